The Morgan fingerprint density at radius 3 is 2.70 bits per heavy atom. The number of carbonyl (C=O) groups is 3. The molecule has 2 aromatic heterocycles. The summed E-state index contributed by atoms with van der Waals surface area (Å²) < 4.78 is 1.59. The van der Waals surface area contributed by atoms with E-state index in [4.69, 9.17) is 0 Å². The van der Waals surface area contributed by atoms with E-state index in [2.05, 4.69) is 21.0 Å². The third-order valence-corrected chi connectivity index (χ3v) is 6.69. The average molecular weight is 465 g/mol. The first-order chi connectivity index (χ1) is 16.0. The number of anilines is 2. The van der Waals surface area contributed by atoms with Crippen LogP contribution in [-0.4, -0.2) is 40.1 Å². The smallest absolute Gasteiger partial charge is 0.230 e. The molecular weight excluding hydrogens is 440 g/mol. The fourth-order valence-electron chi connectivity index (χ4n) is 4.19. The molecule has 3 N–H and O–H groups in total. The van der Waals surface area contributed by atoms with Crippen LogP contribution in [0.3, 0.4) is 0 Å². The van der Waals surface area contributed by atoms with Crippen LogP contribution in [0.2, 0.25) is 0 Å². The zero-order chi connectivity index (χ0) is 22.9. The first kappa shape index (κ1) is 21.4. The highest BCUT2D eigenvalue weighted by Gasteiger charge is 2.36. The Labute approximate surface area is 194 Å². The van der Waals surface area contributed by atoms with Gasteiger partial charge in [0.2, 0.25) is 17.7 Å². The average Bonchev–Trinajstić information content (AvgIpc) is 3.53. The Hall–Kier alpha value is -3.50. The minimum atomic E-state index is -0.587. The second-order valence-electron chi connectivity index (χ2n) is 8.31. The van der Waals surface area contributed by atoms with Crippen LogP contribution in [0, 0.1) is 5.92 Å². The van der Waals surface area contributed by atoms with E-state index in [9.17, 15) is 14.4 Å². The number of carbonyl (C=O) groups excluding carboxylic acids is 3. The zero-order valence-electron chi connectivity index (χ0n) is 18.0. The minimum absolute atomic E-state index is 0.0337. The third-order valence-electron chi connectivity index (χ3n) is 5.80. The first-order valence-corrected chi connectivity index (χ1v) is 11.7. The van der Waals surface area contributed by atoms with Gasteiger partial charge in [0, 0.05) is 37.2 Å². The molecule has 33 heavy (non-hydrogen) atoms. The Morgan fingerprint density at radius 1 is 1.15 bits per heavy atom. The fourth-order valence-corrected chi connectivity index (χ4v) is 4.87. The molecule has 2 fully saturated rings. The second kappa shape index (κ2) is 8.80. The van der Waals surface area contributed by atoms with Gasteiger partial charge in [-0.3, -0.25) is 19.7 Å². The molecule has 9 nitrogen and oxygen atoms in total. The van der Waals surface area contributed by atoms with Crippen LogP contribution in [0.25, 0.3) is 10.6 Å². The van der Waals surface area contributed by atoms with Gasteiger partial charge >= 0.3 is 0 Å². The lowest BCUT2D eigenvalue weighted by Gasteiger charge is -2.30. The van der Waals surface area contributed by atoms with Gasteiger partial charge in [-0.25, -0.2) is 4.68 Å². The van der Waals surface area contributed by atoms with Crippen molar-refractivity contribution in [1.82, 2.24) is 20.4 Å². The number of amides is 3. The molecule has 0 radical (unpaired) electrons. The highest BCUT2D eigenvalue weighted by atomic mass is 32.1. The SMILES string of the molecule is CC1CC(=O)NC(n2nc(-c3cccs3)cc2NC(=O)C2CC(=O)N(c3ccccc3)C2)N1. The molecular formula is C23H24N6O3S. The highest BCUT2D eigenvalue weighted by molar-refractivity contribution is 7.13. The molecule has 2 saturated heterocycles. The van der Waals surface area contributed by atoms with E-state index in [0.29, 0.717) is 24.5 Å². The molecule has 1 aromatic carbocycles. The summed E-state index contributed by atoms with van der Waals surface area (Å²) in [5, 5.41) is 15.7. The molecule has 3 unspecified atom stereocenters. The lowest BCUT2D eigenvalue weighted by Crippen LogP contribution is -2.52. The van der Waals surface area contributed by atoms with Gasteiger partial charge in [-0.2, -0.15) is 5.10 Å². The molecule has 4 heterocycles. The first-order valence-electron chi connectivity index (χ1n) is 10.8. The fraction of sp³-hybridized carbons (Fsp3) is 0.304. The minimum Gasteiger partial charge on any atom is -0.322 e. The number of nitrogens with zero attached hydrogens (tertiary/aromatic N) is 3. The largest absolute Gasteiger partial charge is 0.322 e. The van der Waals surface area contributed by atoms with Crippen molar-refractivity contribution in [3.63, 3.8) is 0 Å². The number of nitrogens with one attached hydrogen (secondary N) is 3. The van der Waals surface area contributed by atoms with Crippen molar-refractivity contribution >= 4 is 40.6 Å². The van der Waals surface area contributed by atoms with Crippen LogP contribution in [0.4, 0.5) is 11.5 Å². The van der Waals surface area contributed by atoms with Gasteiger partial charge in [0.05, 0.1) is 10.8 Å². The van der Waals surface area contributed by atoms with Crippen LogP contribution in [0.15, 0.2) is 53.9 Å². The normalized spacial score (nSPS) is 22.9. The quantitative estimate of drug-likeness (QED) is 0.538. The van der Waals surface area contributed by atoms with Crippen LogP contribution >= 0.6 is 11.3 Å². The van der Waals surface area contributed by atoms with Gasteiger partial charge in [0.1, 0.15) is 11.5 Å². The maximum absolute atomic E-state index is 13.2. The molecule has 170 valence electrons. The van der Waals surface area contributed by atoms with Crippen LogP contribution in [-0.2, 0) is 14.4 Å². The van der Waals surface area contributed by atoms with Crippen molar-refractivity contribution in [2.24, 2.45) is 5.92 Å². The number of hydrogen-bond donors (Lipinski definition) is 3. The van der Waals surface area contributed by atoms with Crippen molar-refractivity contribution in [1.29, 1.82) is 0 Å². The van der Waals surface area contributed by atoms with E-state index >= 15 is 0 Å². The molecule has 0 spiro atoms. The number of para-hydroxylation sites is 1. The molecule has 10 heteroatoms. The van der Waals surface area contributed by atoms with E-state index in [-0.39, 0.29) is 30.2 Å². The van der Waals surface area contributed by atoms with E-state index < -0.39 is 12.2 Å². The van der Waals surface area contributed by atoms with Crippen molar-refractivity contribution in [2.45, 2.75) is 32.1 Å². The molecule has 3 amide bonds. The maximum atomic E-state index is 13.2. The molecule has 0 saturated carbocycles. The van der Waals surface area contributed by atoms with E-state index in [1.165, 1.54) is 0 Å². The topological polar surface area (TPSA) is 108 Å². The number of benzene rings is 1. The number of aromatic nitrogens is 2. The Balaban J connectivity index is 1.39. The van der Waals surface area contributed by atoms with Crippen LogP contribution in [0.1, 0.15) is 26.1 Å². The van der Waals surface area contributed by atoms with Crippen LogP contribution in [0.5, 0.6) is 0 Å². The molecule has 3 atom stereocenters. The summed E-state index contributed by atoms with van der Waals surface area (Å²) in [6.45, 7) is 2.24. The summed E-state index contributed by atoms with van der Waals surface area (Å²) >= 11 is 1.54. The molecule has 5 rings (SSSR count). The number of hydrogen-bond acceptors (Lipinski definition) is 6. The Morgan fingerprint density at radius 2 is 1.97 bits per heavy atom. The van der Waals surface area contributed by atoms with Crippen LogP contribution < -0.4 is 20.9 Å². The van der Waals surface area contributed by atoms with Crippen molar-refractivity contribution in [3.8, 4) is 10.6 Å². The summed E-state index contributed by atoms with van der Waals surface area (Å²) in [4.78, 5) is 40.4. The van der Waals surface area contributed by atoms with E-state index in [0.717, 1.165) is 10.6 Å². The van der Waals surface area contributed by atoms with Gasteiger partial charge in [0.25, 0.3) is 0 Å². The number of thiophene rings is 1. The second-order valence-corrected chi connectivity index (χ2v) is 9.26. The van der Waals surface area contributed by atoms with Crippen molar-refractivity contribution in [3.05, 3.63) is 53.9 Å². The van der Waals surface area contributed by atoms with Gasteiger partial charge in [-0.15, -0.1) is 11.3 Å². The summed E-state index contributed by atoms with van der Waals surface area (Å²) in [5.74, 6) is -0.448. The molecule has 2 aliphatic heterocycles. The maximum Gasteiger partial charge on any atom is 0.230 e. The van der Waals surface area contributed by atoms with E-state index in [1.807, 2.05) is 54.8 Å². The van der Waals surface area contributed by atoms with Gasteiger partial charge in [-0.1, -0.05) is 24.3 Å². The molecule has 0 bridgehead atoms. The lowest BCUT2D eigenvalue weighted by atomic mass is 10.1. The summed E-state index contributed by atoms with van der Waals surface area (Å²) in [7, 11) is 0. The molecule has 3 aromatic rings. The Bertz CT molecular complexity index is 1180. The van der Waals surface area contributed by atoms with E-state index in [1.54, 1.807) is 27.0 Å². The predicted molar refractivity (Wildman–Crippen MR) is 125 cm³/mol. The van der Waals surface area contributed by atoms with Gasteiger partial charge < -0.3 is 15.5 Å². The third kappa shape index (κ3) is 4.39. The van der Waals surface area contributed by atoms with Gasteiger partial charge in [-0.05, 0) is 30.5 Å². The standard InChI is InChI=1S/C23H24N6O3S/c1-14-10-20(30)26-23(24-14)29-19(12-17(27-29)18-8-5-9-33-18)25-22(32)15-11-21(31)28(13-15)16-6-3-2-4-7-16/h2-9,12,14-15,23-24H,10-11,13H2,1H3,(H,25,32)(H,26,30). The molecule has 2 aliphatic rings. The van der Waals surface area contributed by atoms with Crippen molar-refractivity contribution in [2.75, 3.05) is 16.8 Å². The summed E-state index contributed by atoms with van der Waals surface area (Å²) in [5.41, 5.74) is 1.48. The highest BCUT2D eigenvalue weighted by Crippen LogP contribution is 2.30. The number of rotatable bonds is 5. The van der Waals surface area contributed by atoms with Crippen molar-refractivity contribution < 1.29 is 14.4 Å². The Kier molecular flexibility index (Phi) is 5.69. The summed E-state index contributed by atoms with van der Waals surface area (Å²) in [6.07, 6.45) is -0.0740. The zero-order valence-corrected chi connectivity index (χ0v) is 18.8. The lowest BCUT2D eigenvalue weighted by molar-refractivity contribution is -0.125. The summed E-state index contributed by atoms with van der Waals surface area (Å²) in [6, 6.07) is 15.0. The monoisotopic (exact) mass is 464 g/mol. The van der Waals surface area contributed by atoms with Gasteiger partial charge in [0.15, 0.2) is 6.29 Å². The predicted octanol–water partition coefficient (Wildman–Crippen LogP) is 2.56. The molecule has 0 aliphatic carbocycles.